The van der Waals surface area contributed by atoms with Gasteiger partial charge in [0.1, 0.15) is 24.7 Å². The van der Waals surface area contributed by atoms with Crippen molar-refractivity contribution in [2.24, 2.45) is 64.6 Å². The molecule has 520 valence electrons. The number of hydrogen-bond acceptors (Lipinski definition) is 16. The van der Waals surface area contributed by atoms with E-state index in [0.29, 0.717) is 0 Å². The number of amides is 8. The second-order valence-corrected chi connectivity index (χ2v) is 30.0. The molecule has 0 aromatic rings. The summed E-state index contributed by atoms with van der Waals surface area (Å²) in [6.07, 6.45) is 0.409. The molecule has 0 aromatic heterocycles. The van der Waals surface area contributed by atoms with Gasteiger partial charge in [0.15, 0.2) is 23.1 Å². The van der Waals surface area contributed by atoms with Crippen LogP contribution in [0.15, 0.2) is 12.2 Å². The zero-order valence-electron chi connectivity index (χ0n) is 58.9. The van der Waals surface area contributed by atoms with Crippen molar-refractivity contribution in [3.05, 3.63) is 12.2 Å². The van der Waals surface area contributed by atoms with Crippen LogP contribution in [0.1, 0.15) is 182 Å². The molecule has 0 radical (unpaired) electrons. The van der Waals surface area contributed by atoms with Gasteiger partial charge in [-0.25, -0.2) is 17.9 Å². The van der Waals surface area contributed by atoms with Crippen molar-refractivity contribution in [3.8, 4) is 0 Å². The third kappa shape index (κ3) is 25.4. The summed E-state index contributed by atoms with van der Waals surface area (Å²) in [4.78, 5) is 179. The molecule has 13 atom stereocenters. The number of ketones is 4. The predicted octanol–water partition coefficient (Wildman–Crippen LogP) is 5.66. The Labute approximate surface area is 543 Å². The van der Waals surface area contributed by atoms with E-state index in [0.717, 1.165) is 11.2 Å². The molecule has 1 aliphatic rings. The number of carbonyl (C=O) groups excluding carboxylic acids is 12. The average molecular weight is 1310 g/mol. The molecule has 91 heavy (non-hydrogen) atoms. The highest BCUT2D eigenvalue weighted by molar-refractivity contribution is 7.89. The van der Waals surface area contributed by atoms with Crippen LogP contribution in [0.25, 0.3) is 0 Å². The predicted molar refractivity (Wildman–Crippen MR) is 348 cm³/mol. The van der Waals surface area contributed by atoms with E-state index in [-0.39, 0.29) is 62.7 Å². The lowest BCUT2D eigenvalue weighted by atomic mass is 9.77. The van der Waals surface area contributed by atoms with E-state index in [9.17, 15) is 66.3 Å². The van der Waals surface area contributed by atoms with Gasteiger partial charge in [0.25, 0.3) is 0 Å². The lowest BCUT2D eigenvalue weighted by molar-refractivity contribution is -0.150. The van der Waals surface area contributed by atoms with E-state index in [1.807, 2.05) is 41.5 Å². The molecule has 0 bridgehead atoms. The molecule has 0 aliphatic carbocycles. The largest absolute Gasteiger partial charge is 0.448 e. The minimum atomic E-state index is -4.10. The smallest absolute Gasteiger partial charge is 0.420 e. The van der Waals surface area contributed by atoms with Crippen LogP contribution in [0.2, 0.25) is 0 Å². The minimum absolute atomic E-state index is 0.0210. The highest BCUT2D eigenvalue weighted by Gasteiger charge is 2.46. The van der Waals surface area contributed by atoms with Crippen molar-refractivity contribution in [1.29, 1.82) is 0 Å². The van der Waals surface area contributed by atoms with Gasteiger partial charge >= 0.3 is 6.09 Å². The van der Waals surface area contributed by atoms with Crippen LogP contribution in [0.3, 0.4) is 0 Å². The number of hydrogen-bond donors (Lipinski definition) is 5. The first-order valence-electron chi connectivity index (χ1n) is 32.3. The third-order valence-corrected chi connectivity index (χ3v) is 17.7. The van der Waals surface area contributed by atoms with E-state index >= 15 is 4.79 Å². The van der Waals surface area contributed by atoms with Crippen molar-refractivity contribution in [1.82, 2.24) is 40.3 Å². The third-order valence-electron chi connectivity index (χ3n) is 17.1. The average Bonchev–Trinajstić information content (AvgIpc) is 1.87. The number of rotatable bonds is 17. The Morgan fingerprint density at radius 2 is 1.13 bits per heavy atom. The molecule has 24 nitrogen and oxygen atoms in total. The molecule has 1 heterocycles. The van der Waals surface area contributed by atoms with Crippen molar-refractivity contribution in [2.45, 2.75) is 231 Å². The second-order valence-electron chi connectivity index (χ2n) is 28.2. The zero-order chi connectivity index (χ0) is 70.7. The van der Waals surface area contributed by atoms with Crippen LogP contribution in [0, 0.1) is 64.6 Å². The number of carbonyl (C=O) groups is 12. The van der Waals surface area contributed by atoms with Crippen LogP contribution in [-0.4, -0.2) is 193 Å². The second kappa shape index (κ2) is 37.0. The summed E-state index contributed by atoms with van der Waals surface area (Å²) in [7, 11) is 1.49. The van der Waals surface area contributed by atoms with Crippen molar-refractivity contribution in [2.75, 3.05) is 41.1 Å². The number of nitrogens with zero attached hydrogens (tertiary/aromatic N) is 4. The van der Waals surface area contributed by atoms with Gasteiger partial charge in [-0.1, -0.05) is 123 Å². The molecule has 25 heteroatoms. The molecular formula is C66H114N8O16S. The summed E-state index contributed by atoms with van der Waals surface area (Å²) in [5, 5.41) is 20.0. The molecular weight excluding hydrogens is 1190 g/mol. The number of ether oxygens (including phenoxy) is 1. The fourth-order valence-electron chi connectivity index (χ4n) is 12.0. The monoisotopic (exact) mass is 1310 g/mol. The van der Waals surface area contributed by atoms with E-state index in [1.54, 1.807) is 65.3 Å². The van der Waals surface area contributed by atoms with Gasteiger partial charge < -0.3 is 45.4 Å². The highest BCUT2D eigenvalue weighted by Crippen LogP contribution is 2.33. The molecule has 0 spiro atoms. The molecule has 1 rings (SSSR count). The van der Waals surface area contributed by atoms with Crippen LogP contribution >= 0.6 is 0 Å². The summed E-state index contributed by atoms with van der Waals surface area (Å²) < 4.78 is 30.9. The Bertz CT molecular complexity index is 2690. The quantitative estimate of drug-likeness (QED) is 0.110. The van der Waals surface area contributed by atoms with Crippen LogP contribution in [0.5, 0.6) is 0 Å². The van der Waals surface area contributed by atoms with Crippen LogP contribution < -0.4 is 20.7 Å². The number of aliphatic hydroxyl groups excluding tert-OH is 1. The standard InChI is InChI=1S/C66H114N8O16S/c1-24-26-27-41(13)56(79)54-59(81)68-47(25-2)50(75)32-43(15)61(83)74(22)57(66(17,18)35-90-65(87)70-91(23,88)89)53(78)34-46(39(9)10)64(86)72(20)48(29-37(5)6)51(76)31-42(14)58(80)67-44(16)62(84)71(19)49(30-38(7)8)52(77)33-45(28-36(3)4)63(85)73(21)55(40(11)12)60(82)69-54/h24,26,36-49,54-57,79H,25,27-35H2,1-23H3,(H,67,80)(H,68,81)(H,69,82)(H,70,87)/b26-24+/t41-,42-,43+,44-,45-,46+,47+,48+,49+,54+,55+,56-,57-/m1/s1. The normalized spacial score (nSPS) is 26.9. The lowest BCUT2D eigenvalue weighted by Gasteiger charge is -2.41. The summed E-state index contributed by atoms with van der Waals surface area (Å²) >= 11 is 0. The molecule has 1 fully saturated rings. The maximum Gasteiger partial charge on any atom is 0.420 e. The Morgan fingerprint density at radius 1 is 0.626 bits per heavy atom. The number of allylic oxidation sites excluding steroid dienone is 2. The molecule has 8 amide bonds. The molecule has 0 unspecified atom stereocenters. The first-order valence-corrected chi connectivity index (χ1v) is 34.2. The maximum atomic E-state index is 15.1. The van der Waals surface area contributed by atoms with Gasteiger partial charge in [-0.2, -0.15) is 0 Å². The van der Waals surface area contributed by atoms with Crippen molar-refractivity contribution in [3.63, 3.8) is 0 Å². The number of Topliss-reactive ketones (excluding diaryl/α,β-unsaturated/α-hetero) is 4. The Kier molecular flexibility index (Phi) is 33.7. The van der Waals surface area contributed by atoms with Gasteiger partial charge in [0.05, 0.1) is 36.5 Å². The Hall–Kier alpha value is -6.11. The number of likely N-dealkylation sites (N-methyl/N-ethyl adjacent to an activating group) is 4. The Morgan fingerprint density at radius 3 is 1.60 bits per heavy atom. The van der Waals surface area contributed by atoms with E-state index in [4.69, 9.17) is 4.74 Å². The van der Waals surface area contributed by atoms with E-state index in [2.05, 4.69) is 16.0 Å². The SMILES string of the molecule is C/C=C/C[C@@H](C)[C@@H](O)[C@@H]1NC(=O)[C@H](C(C)C)N(C)C(=O)[C@H](CC(C)C)CC(=O)[C@H](CC(C)C)N(C)C(=O)[C@@H](C)NC(=O)[C@H](C)CC(=O)[C@H](CC(C)C)N(C)C(=O)[C@H](C(C)C)CC(=O)[C@H](C(C)(C)COC(=O)NS(C)(=O)=O)N(C)C(=O)[C@@H](C)CC(=O)[C@H](CC)NC1=O. The Balaban J connectivity index is 4.38. The minimum Gasteiger partial charge on any atom is -0.448 e. The summed E-state index contributed by atoms with van der Waals surface area (Å²) in [5.74, 6) is -13.8. The van der Waals surface area contributed by atoms with E-state index < -0.39 is 195 Å². The molecule has 0 aromatic carbocycles. The summed E-state index contributed by atoms with van der Waals surface area (Å²) in [5.41, 5.74) is -1.53. The lowest BCUT2D eigenvalue weighted by Crippen LogP contribution is -2.61. The van der Waals surface area contributed by atoms with Gasteiger partial charge in [0, 0.05) is 83.0 Å². The van der Waals surface area contributed by atoms with Gasteiger partial charge in [-0.05, 0) is 81.5 Å². The van der Waals surface area contributed by atoms with Gasteiger partial charge in [0.2, 0.25) is 51.4 Å². The first-order chi connectivity index (χ1) is 41.8. The molecule has 1 saturated heterocycles. The number of nitrogens with one attached hydrogen (secondary N) is 4. The van der Waals surface area contributed by atoms with Crippen LogP contribution in [0.4, 0.5) is 4.79 Å². The van der Waals surface area contributed by atoms with E-state index in [1.165, 1.54) is 77.5 Å². The van der Waals surface area contributed by atoms with Crippen LogP contribution in [-0.2, 0) is 67.5 Å². The highest BCUT2D eigenvalue weighted by atomic mass is 32.2. The van der Waals surface area contributed by atoms with Gasteiger partial charge in [-0.3, -0.25) is 52.7 Å². The van der Waals surface area contributed by atoms with Crippen molar-refractivity contribution < 1.29 is 75.8 Å². The molecule has 0 saturated carbocycles. The maximum absolute atomic E-state index is 15.1. The first kappa shape index (κ1) is 82.9. The number of aliphatic hydroxyl groups is 1. The fourth-order valence-corrected chi connectivity index (χ4v) is 12.3. The molecule has 1 aliphatic heterocycles. The van der Waals surface area contributed by atoms with Crippen molar-refractivity contribution >= 4 is 80.6 Å². The zero-order valence-corrected chi connectivity index (χ0v) is 59.7. The molecule has 5 N–H and O–H groups in total. The fraction of sp³-hybridized carbons (Fsp3) is 0.788. The summed E-state index contributed by atoms with van der Waals surface area (Å²) in [6, 6.07) is -9.14. The van der Waals surface area contributed by atoms with Gasteiger partial charge in [-0.15, -0.1) is 0 Å². The topological polar surface area (TPSA) is 330 Å². The summed E-state index contributed by atoms with van der Waals surface area (Å²) in [6.45, 7) is 29.7. The number of sulfonamides is 1.